The Hall–Kier alpha value is -10.0. The Labute approximate surface area is 443 Å². The van der Waals surface area contributed by atoms with Crippen molar-refractivity contribution in [3.8, 4) is 72.4 Å². The number of aromatic nitrogens is 1. The molecule has 2 heteroatoms. The first-order chi connectivity index (χ1) is 37.7. The minimum atomic E-state index is 1.07. The zero-order valence-corrected chi connectivity index (χ0v) is 41.8. The maximum atomic E-state index is 2.42. The van der Waals surface area contributed by atoms with E-state index >= 15 is 0 Å². The van der Waals surface area contributed by atoms with Crippen LogP contribution in [0.3, 0.4) is 0 Å². The highest BCUT2D eigenvalue weighted by Gasteiger charge is 2.20. The molecule has 0 saturated heterocycles. The lowest BCUT2D eigenvalue weighted by Gasteiger charge is -2.28. The molecule has 14 aromatic rings. The molecule has 13 aromatic carbocycles. The van der Waals surface area contributed by atoms with E-state index in [4.69, 9.17) is 0 Å². The van der Waals surface area contributed by atoms with E-state index in [0.29, 0.717) is 0 Å². The van der Waals surface area contributed by atoms with Gasteiger partial charge in [0.25, 0.3) is 0 Å². The zero-order valence-electron chi connectivity index (χ0n) is 41.8. The fourth-order valence-corrected chi connectivity index (χ4v) is 11.5. The van der Waals surface area contributed by atoms with Crippen molar-refractivity contribution in [2.24, 2.45) is 0 Å². The Morgan fingerprint density at radius 3 is 1.37 bits per heavy atom. The van der Waals surface area contributed by atoms with Gasteiger partial charge in [0.2, 0.25) is 0 Å². The first-order valence-corrected chi connectivity index (χ1v) is 26.1. The molecule has 0 N–H and O–H groups in total. The summed E-state index contributed by atoms with van der Waals surface area (Å²) in [6.45, 7) is 0. The third kappa shape index (κ3) is 8.10. The van der Waals surface area contributed by atoms with E-state index in [1.807, 2.05) is 0 Å². The molecule has 0 atom stereocenters. The van der Waals surface area contributed by atoms with Gasteiger partial charge in [-0.05, 0) is 168 Å². The molecule has 0 saturated carbocycles. The number of nitrogens with zero attached hydrogens (tertiary/aromatic N) is 2. The average Bonchev–Trinajstić information content (AvgIpc) is 3.94. The van der Waals surface area contributed by atoms with Crippen molar-refractivity contribution in [1.82, 2.24) is 4.57 Å². The van der Waals surface area contributed by atoms with Crippen LogP contribution in [0.15, 0.2) is 303 Å². The molecule has 1 heterocycles. The van der Waals surface area contributed by atoms with Crippen LogP contribution in [0.1, 0.15) is 0 Å². The van der Waals surface area contributed by atoms with Crippen LogP contribution >= 0.6 is 0 Å². The minimum Gasteiger partial charge on any atom is -0.310 e. The predicted molar refractivity (Wildman–Crippen MR) is 323 cm³/mol. The quantitative estimate of drug-likeness (QED) is 0.124. The summed E-state index contributed by atoms with van der Waals surface area (Å²) < 4.78 is 2.39. The van der Waals surface area contributed by atoms with Crippen molar-refractivity contribution < 1.29 is 0 Å². The second-order valence-electron chi connectivity index (χ2n) is 19.7. The van der Waals surface area contributed by atoms with Crippen LogP contribution < -0.4 is 4.90 Å². The van der Waals surface area contributed by atoms with Crippen LogP contribution in [-0.2, 0) is 0 Å². The third-order valence-corrected chi connectivity index (χ3v) is 15.2. The lowest BCUT2D eigenvalue weighted by Crippen LogP contribution is -2.11. The topological polar surface area (TPSA) is 8.17 Å². The Kier molecular flexibility index (Phi) is 11.2. The van der Waals surface area contributed by atoms with E-state index in [2.05, 4.69) is 313 Å². The van der Waals surface area contributed by atoms with Crippen molar-refractivity contribution in [3.63, 3.8) is 0 Å². The smallest absolute Gasteiger partial charge is 0.0547 e. The highest BCUT2D eigenvalue weighted by molar-refractivity contribution is 6.16. The summed E-state index contributed by atoms with van der Waals surface area (Å²) in [7, 11) is 0. The summed E-state index contributed by atoms with van der Waals surface area (Å²) in [6, 6.07) is 111. The fourth-order valence-electron chi connectivity index (χ4n) is 11.5. The second-order valence-corrected chi connectivity index (χ2v) is 19.7. The maximum Gasteiger partial charge on any atom is 0.0547 e. The number of fused-ring (bicyclic) bond motifs is 6. The number of hydrogen-bond acceptors (Lipinski definition) is 1. The van der Waals surface area contributed by atoms with Gasteiger partial charge in [-0.25, -0.2) is 0 Å². The molecule has 76 heavy (non-hydrogen) atoms. The van der Waals surface area contributed by atoms with Gasteiger partial charge in [-0.15, -0.1) is 0 Å². The molecule has 0 unspecified atom stereocenters. The van der Waals surface area contributed by atoms with Crippen LogP contribution in [0, 0.1) is 0 Å². The van der Waals surface area contributed by atoms with Crippen LogP contribution in [0.2, 0.25) is 0 Å². The summed E-state index contributed by atoms with van der Waals surface area (Å²) in [5.74, 6) is 0. The Morgan fingerprint density at radius 1 is 0.237 bits per heavy atom. The molecule has 0 spiro atoms. The van der Waals surface area contributed by atoms with Gasteiger partial charge in [0.1, 0.15) is 0 Å². The van der Waals surface area contributed by atoms with Crippen molar-refractivity contribution >= 4 is 60.4 Å². The molecule has 0 amide bonds. The molecule has 14 rings (SSSR count). The largest absolute Gasteiger partial charge is 0.310 e. The van der Waals surface area contributed by atoms with E-state index in [1.54, 1.807) is 0 Å². The monoisotopic (exact) mass is 966 g/mol. The number of benzene rings is 13. The lowest BCUT2D eigenvalue weighted by atomic mass is 9.93. The SMILES string of the molecule is c1ccc(-c2cc(-c3ccccc3)cc(-c3ccc(N(c4ccc(-c5ccc6c(ccc7ccccc76)c5)cc4)c4ccccc4-c4cccc(-c5cccc6c5c5ccccc5n6-c5ccccc5)c4)cc3)c2)cc1. The molecule has 2 nitrogen and oxygen atoms in total. The molecule has 356 valence electrons. The van der Waals surface area contributed by atoms with Crippen LogP contribution in [0.4, 0.5) is 17.1 Å². The summed E-state index contributed by atoms with van der Waals surface area (Å²) in [5, 5.41) is 7.53. The van der Waals surface area contributed by atoms with Gasteiger partial charge in [-0.3, -0.25) is 0 Å². The fraction of sp³-hybridized carbons (Fsp3) is 0. The Morgan fingerprint density at radius 2 is 0.684 bits per heavy atom. The summed E-state index contributed by atoms with van der Waals surface area (Å²) in [4.78, 5) is 2.42. The van der Waals surface area contributed by atoms with Gasteiger partial charge in [0.15, 0.2) is 0 Å². The van der Waals surface area contributed by atoms with E-state index in [-0.39, 0.29) is 0 Å². The van der Waals surface area contributed by atoms with E-state index in [1.165, 1.54) is 93.4 Å². The molecular weight excluding hydrogens is 917 g/mol. The van der Waals surface area contributed by atoms with Crippen molar-refractivity contribution in [2.45, 2.75) is 0 Å². The van der Waals surface area contributed by atoms with Crippen molar-refractivity contribution in [2.75, 3.05) is 4.90 Å². The normalized spacial score (nSPS) is 11.4. The third-order valence-electron chi connectivity index (χ3n) is 15.2. The van der Waals surface area contributed by atoms with Gasteiger partial charge in [-0.2, -0.15) is 0 Å². The molecule has 0 aliphatic carbocycles. The molecular formula is C74H50N2. The maximum absolute atomic E-state index is 2.42. The minimum absolute atomic E-state index is 1.07. The molecule has 0 aliphatic heterocycles. The van der Waals surface area contributed by atoms with E-state index < -0.39 is 0 Å². The summed E-state index contributed by atoms with van der Waals surface area (Å²) >= 11 is 0. The summed E-state index contributed by atoms with van der Waals surface area (Å²) in [6.07, 6.45) is 0. The number of hydrogen-bond donors (Lipinski definition) is 0. The van der Waals surface area contributed by atoms with Crippen LogP contribution in [-0.4, -0.2) is 4.57 Å². The van der Waals surface area contributed by atoms with E-state index in [9.17, 15) is 0 Å². The molecule has 1 aromatic heterocycles. The standard InChI is InChI=1S/C74H50N2/c1-4-18-51(19-5-1)60-48-61(52-20-6-2-7-21-52)50-62(49-60)54-38-43-65(44-39-54)75(64-41-36-53(37-42-64)56-40-45-67-59(46-56)35-34-55-22-10-11-27-66(55)67)71-31-14-12-28-68(71)57-23-16-24-58(47-57)69-30-17-33-73-74(69)70-29-13-15-32-72(70)76(73)63-25-8-3-9-26-63/h1-50H. The number of anilines is 3. The number of rotatable bonds is 10. The first-order valence-electron chi connectivity index (χ1n) is 26.1. The van der Waals surface area contributed by atoms with E-state index in [0.717, 1.165) is 39.4 Å². The lowest BCUT2D eigenvalue weighted by molar-refractivity contribution is 1.18. The van der Waals surface area contributed by atoms with Gasteiger partial charge in [-0.1, -0.05) is 218 Å². The van der Waals surface area contributed by atoms with Gasteiger partial charge in [0.05, 0.1) is 16.7 Å². The molecule has 0 radical (unpaired) electrons. The second kappa shape index (κ2) is 19.1. The zero-order chi connectivity index (χ0) is 50.4. The van der Waals surface area contributed by atoms with Crippen LogP contribution in [0.25, 0.3) is 116 Å². The van der Waals surface area contributed by atoms with Crippen molar-refractivity contribution in [3.05, 3.63) is 303 Å². The predicted octanol–water partition coefficient (Wildman–Crippen LogP) is 20.6. The molecule has 0 fully saturated rings. The van der Waals surface area contributed by atoms with Crippen molar-refractivity contribution in [1.29, 1.82) is 0 Å². The van der Waals surface area contributed by atoms with Gasteiger partial charge < -0.3 is 9.47 Å². The Balaban J connectivity index is 0.893. The number of para-hydroxylation sites is 3. The first kappa shape index (κ1) is 44.7. The van der Waals surface area contributed by atoms with Crippen LogP contribution in [0.5, 0.6) is 0 Å². The Bertz CT molecular complexity index is 4360. The average molecular weight is 967 g/mol. The highest BCUT2D eigenvalue weighted by atomic mass is 15.1. The van der Waals surface area contributed by atoms with Gasteiger partial charge >= 0.3 is 0 Å². The molecule has 0 aliphatic rings. The molecule has 0 bridgehead atoms. The van der Waals surface area contributed by atoms with Gasteiger partial charge in [0, 0.05) is 33.4 Å². The summed E-state index contributed by atoms with van der Waals surface area (Å²) in [5.41, 5.74) is 20.9. The highest BCUT2D eigenvalue weighted by Crippen LogP contribution is 2.45.